The first kappa shape index (κ1) is 25.2. The molecule has 2 amide bonds. The van der Waals surface area contributed by atoms with E-state index in [4.69, 9.17) is 9.47 Å². The Bertz CT molecular complexity index is 906. The van der Waals surface area contributed by atoms with Crippen LogP contribution in [0, 0.1) is 5.41 Å². The minimum atomic E-state index is -1.04. The number of methoxy groups -OCH3 is 1. The van der Waals surface area contributed by atoms with Gasteiger partial charge in [-0.2, -0.15) is 0 Å². The van der Waals surface area contributed by atoms with Crippen molar-refractivity contribution in [3.63, 3.8) is 0 Å². The van der Waals surface area contributed by atoms with Crippen molar-refractivity contribution < 1.29 is 24.2 Å². The molecule has 0 heterocycles. The number of nitrogens with one attached hydrogen (secondary N) is 2. The molecule has 0 spiro atoms. The first-order valence-electron chi connectivity index (χ1n) is 10.6. The summed E-state index contributed by atoms with van der Waals surface area (Å²) in [5.74, 6) is 0.309. The molecular weight excluding hydrogens is 408 g/mol. The Morgan fingerprint density at radius 2 is 1.59 bits per heavy atom. The lowest BCUT2D eigenvalue weighted by molar-refractivity contribution is -0.131. The van der Waals surface area contributed by atoms with Crippen LogP contribution in [0.3, 0.4) is 0 Å². The molecule has 0 aliphatic carbocycles. The highest BCUT2D eigenvalue weighted by Crippen LogP contribution is 2.34. The number of hydrogen-bond donors (Lipinski definition) is 3. The van der Waals surface area contributed by atoms with Crippen LogP contribution in [0.2, 0.25) is 0 Å². The van der Waals surface area contributed by atoms with Crippen molar-refractivity contribution in [1.29, 1.82) is 0 Å². The van der Waals surface area contributed by atoms with Gasteiger partial charge in [0.25, 0.3) is 0 Å². The summed E-state index contributed by atoms with van der Waals surface area (Å²) in [5.41, 5.74) is -0.300. The van der Waals surface area contributed by atoms with E-state index in [0.29, 0.717) is 11.3 Å². The SMILES string of the molecule is COc1cccc(C(O)CNC(=O)C(C)(C)C(NC(=O)OC(C)(C)C)c2ccccc2)c1. The second-order valence-electron chi connectivity index (χ2n) is 9.21. The Labute approximate surface area is 190 Å². The van der Waals surface area contributed by atoms with Gasteiger partial charge in [0.15, 0.2) is 0 Å². The zero-order chi connectivity index (χ0) is 23.9. The fraction of sp³-hybridized carbons (Fsp3) is 0.440. The van der Waals surface area contributed by atoms with Gasteiger partial charge in [-0.15, -0.1) is 0 Å². The summed E-state index contributed by atoms with van der Waals surface area (Å²) in [6, 6.07) is 15.7. The van der Waals surface area contributed by atoms with Gasteiger partial charge in [-0.1, -0.05) is 42.5 Å². The van der Waals surface area contributed by atoms with E-state index in [2.05, 4.69) is 10.6 Å². The molecule has 0 saturated carbocycles. The van der Waals surface area contributed by atoms with E-state index in [9.17, 15) is 14.7 Å². The lowest BCUT2D eigenvalue weighted by Gasteiger charge is -2.35. The standard InChI is InChI=1S/C25H34N2O5/c1-24(2,3)32-23(30)27-21(17-11-8-7-9-12-17)25(4,5)22(29)26-16-20(28)18-13-10-14-19(15-18)31-6/h7-15,20-21,28H,16H2,1-6H3,(H,26,29)(H,27,30). The highest BCUT2D eigenvalue weighted by molar-refractivity contribution is 5.84. The van der Waals surface area contributed by atoms with Crippen LogP contribution < -0.4 is 15.4 Å². The number of ether oxygens (including phenoxy) is 2. The predicted octanol–water partition coefficient (Wildman–Crippen LogP) is 4.14. The second kappa shape index (κ2) is 10.5. The number of amides is 2. The Hall–Kier alpha value is -3.06. The first-order chi connectivity index (χ1) is 14.9. The van der Waals surface area contributed by atoms with Crippen LogP contribution in [0.5, 0.6) is 5.75 Å². The smallest absolute Gasteiger partial charge is 0.408 e. The van der Waals surface area contributed by atoms with Crippen molar-refractivity contribution in [3.05, 3.63) is 65.7 Å². The van der Waals surface area contributed by atoms with Crippen molar-refractivity contribution in [2.24, 2.45) is 5.41 Å². The Kier molecular flexibility index (Phi) is 8.27. The van der Waals surface area contributed by atoms with Crippen molar-refractivity contribution in [2.75, 3.05) is 13.7 Å². The maximum absolute atomic E-state index is 13.2. The molecule has 0 fully saturated rings. The molecule has 7 nitrogen and oxygen atoms in total. The van der Waals surface area contributed by atoms with Gasteiger partial charge in [-0.05, 0) is 57.9 Å². The lowest BCUT2D eigenvalue weighted by atomic mass is 9.79. The van der Waals surface area contributed by atoms with E-state index < -0.39 is 29.3 Å². The third-order valence-electron chi connectivity index (χ3n) is 5.04. The quantitative estimate of drug-likeness (QED) is 0.571. The summed E-state index contributed by atoms with van der Waals surface area (Å²) in [7, 11) is 1.55. The molecule has 2 aromatic rings. The second-order valence-corrected chi connectivity index (χ2v) is 9.21. The van der Waals surface area contributed by atoms with Gasteiger partial charge in [-0.3, -0.25) is 4.79 Å². The van der Waals surface area contributed by atoms with Gasteiger partial charge < -0.3 is 25.2 Å². The summed E-state index contributed by atoms with van der Waals surface area (Å²) in [5, 5.41) is 16.2. The molecule has 2 atom stereocenters. The number of benzene rings is 2. The number of aliphatic hydroxyl groups excluding tert-OH is 1. The van der Waals surface area contributed by atoms with E-state index in [1.54, 1.807) is 66.0 Å². The largest absolute Gasteiger partial charge is 0.497 e. The van der Waals surface area contributed by atoms with Crippen LogP contribution in [0.15, 0.2) is 54.6 Å². The number of hydrogen-bond acceptors (Lipinski definition) is 5. The van der Waals surface area contributed by atoms with Crippen LogP contribution in [0.25, 0.3) is 0 Å². The number of aliphatic hydroxyl groups is 1. The van der Waals surface area contributed by atoms with Crippen molar-refractivity contribution in [1.82, 2.24) is 10.6 Å². The monoisotopic (exact) mass is 442 g/mol. The van der Waals surface area contributed by atoms with E-state index in [0.717, 1.165) is 5.56 Å². The fourth-order valence-corrected chi connectivity index (χ4v) is 3.27. The minimum absolute atomic E-state index is 0.0172. The van der Waals surface area contributed by atoms with E-state index in [1.165, 1.54) is 0 Å². The molecule has 2 aromatic carbocycles. The van der Waals surface area contributed by atoms with Crippen molar-refractivity contribution in [2.45, 2.75) is 52.4 Å². The predicted molar refractivity (Wildman–Crippen MR) is 123 cm³/mol. The van der Waals surface area contributed by atoms with Gasteiger partial charge in [0.1, 0.15) is 11.4 Å². The Morgan fingerprint density at radius 3 is 2.19 bits per heavy atom. The van der Waals surface area contributed by atoms with Gasteiger partial charge in [0.05, 0.1) is 24.7 Å². The highest BCUT2D eigenvalue weighted by Gasteiger charge is 2.39. The topological polar surface area (TPSA) is 96.9 Å². The molecule has 0 aromatic heterocycles. The van der Waals surface area contributed by atoms with Crippen LogP contribution in [0.1, 0.15) is 57.9 Å². The normalized spacial score (nSPS) is 13.6. The average Bonchev–Trinajstić information content (AvgIpc) is 2.74. The molecule has 7 heteroatoms. The van der Waals surface area contributed by atoms with Gasteiger partial charge in [0, 0.05) is 6.54 Å². The summed E-state index contributed by atoms with van der Waals surface area (Å²) >= 11 is 0. The molecule has 32 heavy (non-hydrogen) atoms. The zero-order valence-electron chi connectivity index (χ0n) is 19.6. The molecule has 0 aliphatic heterocycles. The number of carbonyl (C=O) groups excluding carboxylic acids is 2. The van der Waals surface area contributed by atoms with Crippen LogP contribution >= 0.6 is 0 Å². The Balaban J connectivity index is 2.16. The lowest BCUT2D eigenvalue weighted by Crippen LogP contribution is -2.48. The molecule has 174 valence electrons. The summed E-state index contributed by atoms with van der Waals surface area (Å²) < 4.78 is 10.6. The van der Waals surface area contributed by atoms with Crippen LogP contribution in [-0.4, -0.2) is 36.4 Å². The molecule has 0 bridgehead atoms. The van der Waals surface area contributed by atoms with Crippen molar-refractivity contribution >= 4 is 12.0 Å². The van der Waals surface area contributed by atoms with E-state index in [1.807, 2.05) is 30.3 Å². The number of alkyl carbamates (subject to hydrolysis) is 1. The minimum Gasteiger partial charge on any atom is -0.497 e. The fourth-order valence-electron chi connectivity index (χ4n) is 3.27. The third-order valence-corrected chi connectivity index (χ3v) is 5.04. The number of rotatable bonds is 8. The van der Waals surface area contributed by atoms with Crippen LogP contribution in [0.4, 0.5) is 4.79 Å². The first-order valence-corrected chi connectivity index (χ1v) is 10.6. The van der Waals surface area contributed by atoms with Crippen LogP contribution in [-0.2, 0) is 9.53 Å². The summed E-state index contributed by atoms with van der Waals surface area (Å²) in [6.45, 7) is 8.85. The summed E-state index contributed by atoms with van der Waals surface area (Å²) in [6.07, 6.45) is -1.51. The maximum atomic E-state index is 13.2. The molecular formula is C25H34N2O5. The molecule has 2 unspecified atom stereocenters. The van der Waals surface area contributed by atoms with E-state index >= 15 is 0 Å². The maximum Gasteiger partial charge on any atom is 0.408 e. The molecule has 3 N–H and O–H groups in total. The van der Waals surface area contributed by atoms with E-state index in [-0.39, 0.29) is 12.5 Å². The number of carbonyl (C=O) groups is 2. The van der Waals surface area contributed by atoms with Gasteiger partial charge in [0.2, 0.25) is 5.91 Å². The van der Waals surface area contributed by atoms with Crippen molar-refractivity contribution in [3.8, 4) is 5.75 Å². The highest BCUT2D eigenvalue weighted by atomic mass is 16.6. The average molecular weight is 443 g/mol. The third kappa shape index (κ3) is 6.99. The molecule has 0 radical (unpaired) electrons. The molecule has 2 rings (SSSR count). The zero-order valence-corrected chi connectivity index (χ0v) is 19.6. The van der Waals surface area contributed by atoms with Gasteiger partial charge in [-0.25, -0.2) is 4.79 Å². The Morgan fingerprint density at radius 1 is 0.969 bits per heavy atom. The summed E-state index contributed by atoms with van der Waals surface area (Å²) in [4.78, 5) is 25.7. The molecule has 0 saturated heterocycles. The molecule has 0 aliphatic rings. The van der Waals surface area contributed by atoms with Gasteiger partial charge >= 0.3 is 6.09 Å².